The normalized spacial score (nSPS) is 13.1. The smallest absolute Gasteiger partial charge is 0.303 e. The van der Waals surface area contributed by atoms with Crippen molar-refractivity contribution < 1.29 is 9.90 Å². The van der Waals surface area contributed by atoms with Crippen LogP contribution in [0, 0.1) is 5.92 Å². The van der Waals surface area contributed by atoms with Gasteiger partial charge in [-0.05, 0) is 55.6 Å². The largest absolute Gasteiger partial charge is 0.481 e. The van der Waals surface area contributed by atoms with E-state index in [4.69, 9.17) is 5.11 Å². The van der Waals surface area contributed by atoms with Gasteiger partial charge in [0, 0.05) is 6.42 Å². The Kier molecular flexibility index (Phi) is 12.8. The van der Waals surface area contributed by atoms with Gasteiger partial charge >= 0.3 is 5.97 Å². The van der Waals surface area contributed by atoms with Crippen molar-refractivity contribution >= 4 is 5.97 Å². The first kappa shape index (κ1) is 23.0. The van der Waals surface area contributed by atoms with Crippen molar-refractivity contribution in [1.82, 2.24) is 0 Å². The second kappa shape index (κ2) is 15.0. The Labute approximate surface area is 165 Å². The molecule has 148 valence electrons. The topological polar surface area (TPSA) is 37.3 Å². The highest BCUT2D eigenvalue weighted by Gasteiger charge is 2.02. The van der Waals surface area contributed by atoms with Gasteiger partial charge in [0.25, 0.3) is 0 Å². The Balaban J connectivity index is 2.33. The lowest BCUT2D eigenvalue weighted by atomic mass is 9.99. The molecule has 0 aliphatic rings. The average Bonchev–Trinajstić information content (AvgIpc) is 2.65. The van der Waals surface area contributed by atoms with Crippen LogP contribution in [0.1, 0.15) is 69.9 Å². The zero-order valence-electron chi connectivity index (χ0n) is 17.1. The molecule has 2 heteroatoms. The number of carboxylic acids is 1. The van der Waals surface area contributed by atoms with Gasteiger partial charge in [-0.15, -0.1) is 0 Å². The quantitative estimate of drug-likeness (QED) is 0.286. The molecule has 0 fully saturated rings. The number of rotatable bonds is 14. The van der Waals surface area contributed by atoms with Crippen LogP contribution in [0.4, 0.5) is 0 Å². The number of carbonyl (C=O) groups is 1. The van der Waals surface area contributed by atoms with Gasteiger partial charge in [0.2, 0.25) is 0 Å². The molecule has 0 spiro atoms. The fourth-order valence-corrected chi connectivity index (χ4v) is 3.00. The minimum absolute atomic E-state index is 0.236. The predicted octanol–water partition coefficient (Wildman–Crippen LogP) is 6.91. The number of aliphatic carboxylic acids is 1. The van der Waals surface area contributed by atoms with Crippen LogP contribution in [0.5, 0.6) is 0 Å². The second-order valence-corrected chi connectivity index (χ2v) is 7.14. The van der Waals surface area contributed by atoms with E-state index in [9.17, 15) is 4.79 Å². The predicted molar refractivity (Wildman–Crippen MR) is 116 cm³/mol. The Morgan fingerprint density at radius 1 is 1.00 bits per heavy atom. The van der Waals surface area contributed by atoms with Gasteiger partial charge in [-0.25, -0.2) is 0 Å². The molecule has 1 aromatic rings. The van der Waals surface area contributed by atoms with Crippen LogP contribution in [-0.4, -0.2) is 11.1 Å². The lowest BCUT2D eigenvalue weighted by molar-refractivity contribution is -0.137. The number of aryl methyl sites for hydroxylation is 1. The van der Waals surface area contributed by atoms with Crippen molar-refractivity contribution in [2.45, 2.75) is 71.6 Å². The summed E-state index contributed by atoms with van der Waals surface area (Å²) in [4.78, 5) is 10.7. The standard InChI is InChI=1S/C25H36O2/c1-3-4-5-6-9-15-22(2)16-10-7-8-11-17-23-18-12-13-19-24(23)20-14-21-25(26)27/h8-13,15-16,18-19,22H,3-7,14,17,20-21H2,1-2H3,(H,26,27)/b11-8-,15-9-,16-10-/t22-/m0/s1. The maximum absolute atomic E-state index is 10.7. The summed E-state index contributed by atoms with van der Waals surface area (Å²) in [6.45, 7) is 4.46. The van der Waals surface area contributed by atoms with Crippen molar-refractivity contribution in [2.24, 2.45) is 5.92 Å². The van der Waals surface area contributed by atoms with Crippen LogP contribution in [-0.2, 0) is 17.6 Å². The summed E-state index contributed by atoms with van der Waals surface area (Å²) < 4.78 is 0. The average molecular weight is 369 g/mol. The van der Waals surface area contributed by atoms with Crippen molar-refractivity contribution in [1.29, 1.82) is 0 Å². The highest BCUT2D eigenvalue weighted by Crippen LogP contribution is 2.13. The molecular weight excluding hydrogens is 332 g/mol. The number of hydrogen-bond donors (Lipinski definition) is 1. The molecule has 0 unspecified atom stereocenters. The molecule has 0 bridgehead atoms. The van der Waals surface area contributed by atoms with Crippen molar-refractivity contribution in [3.8, 4) is 0 Å². The maximum Gasteiger partial charge on any atom is 0.303 e. The Bertz CT molecular complexity index is 611. The second-order valence-electron chi connectivity index (χ2n) is 7.14. The van der Waals surface area contributed by atoms with E-state index in [1.807, 2.05) is 6.07 Å². The Morgan fingerprint density at radius 3 is 2.48 bits per heavy atom. The van der Waals surface area contributed by atoms with Gasteiger partial charge in [-0.1, -0.05) is 87.4 Å². The zero-order chi connectivity index (χ0) is 19.7. The molecule has 0 aliphatic carbocycles. The molecule has 0 heterocycles. The minimum atomic E-state index is -0.718. The summed E-state index contributed by atoms with van der Waals surface area (Å²) in [7, 11) is 0. The van der Waals surface area contributed by atoms with E-state index in [1.165, 1.54) is 36.8 Å². The highest BCUT2D eigenvalue weighted by molar-refractivity contribution is 5.66. The third kappa shape index (κ3) is 12.0. The van der Waals surface area contributed by atoms with E-state index in [1.54, 1.807) is 0 Å². The lowest BCUT2D eigenvalue weighted by Gasteiger charge is -2.06. The Morgan fingerprint density at radius 2 is 1.74 bits per heavy atom. The van der Waals surface area contributed by atoms with Gasteiger partial charge in [0.15, 0.2) is 0 Å². The van der Waals surface area contributed by atoms with Crippen molar-refractivity contribution in [2.75, 3.05) is 0 Å². The molecule has 0 radical (unpaired) electrons. The molecule has 27 heavy (non-hydrogen) atoms. The van der Waals surface area contributed by atoms with Crippen LogP contribution in [0.15, 0.2) is 60.7 Å². The van der Waals surface area contributed by atoms with Gasteiger partial charge in [-0.3, -0.25) is 4.79 Å². The molecule has 0 amide bonds. The number of carboxylic acid groups (broad SMARTS) is 1. The molecular formula is C25H36O2. The molecule has 1 aromatic carbocycles. The lowest BCUT2D eigenvalue weighted by Crippen LogP contribution is -1.98. The first-order valence-electron chi connectivity index (χ1n) is 10.4. The van der Waals surface area contributed by atoms with Gasteiger partial charge < -0.3 is 5.11 Å². The van der Waals surface area contributed by atoms with E-state index >= 15 is 0 Å². The molecule has 1 rings (SSSR count). The fourth-order valence-electron chi connectivity index (χ4n) is 3.00. The van der Waals surface area contributed by atoms with Crippen molar-refractivity contribution in [3.63, 3.8) is 0 Å². The number of benzene rings is 1. The number of allylic oxidation sites excluding steroid dienone is 6. The van der Waals surface area contributed by atoms with Gasteiger partial charge in [0.05, 0.1) is 0 Å². The van der Waals surface area contributed by atoms with Crippen molar-refractivity contribution in [3.05, 3.63) is 71.8 Å². The SMILES string of the molecule is CCCCC/C=C\[C@H](C)/C=C\C/C=C\Cc1ccccc1CCCC(=O)O. The van der Waals surface area contributed by atoms with Crippen LogP contribution in [0.25, 0.3) is 0 Å². The van der Waals surface area contributed by atoms with E-state index in [0.29, 0.717) is 12.3 Å². The number of hydrogen-bond acceptors (Lipinski definition) is 1. The molecule has 0 saturated heterocycles. The van der Waals surface area contributed by atoms with Crippen LogP contribution >= 0.6 is 0 Å². The molecule has 1 N–H and O–H groups in total. The van der Waals surface area contributed by atoms with Crippen LogP contribution in [0.3, 0.4) is 0 Å². The molecule has 2 nitrogen and oxygen atoms in total. The third-order valence-corrected chi connectivity index (χ3v) is 4.59. The van der Waals surface area contributed by atoms with Crippen LogP contribution in [0.2, 0.25) is 0 Å². The summed E-state index contributed by atoms with van der Waals surface area (Å²) in [5.41, 5.74) is 2.56. The summed E-state index contributed by atoms with van der Waals surface area (Å²) in [5.74, 6) is -0.223. The van der Waals surface area contributed by atoms with Crippen LogP contribution < -0.4 is 0 Å². The Hall–Kier alpha value is -2.09. The highest BCUT2D eigenvalue weighted by atomic mass is 16.4. The number of unbranched alkanes of at least 4 members (excludes halogenated alkanes) is 3. The summed E-state index contributed by atoms with van der Waals surface area (Å²) in [5, 5.41) is 8.78. The molecule has 0 aromatic heterocycles. The summed E-state index contributed by atoms with van der Waals surface area (Å²) in [6, 6.07) is 8.34. The first-order valence-corrected chi connectivity index (χ1v) is 10.4. The summed E-state index contributed by atoms with van der Waals surface area (Å²) in [6.07, 6.45) is 22.2. The summed E-state index contributed by atoms with van der Waals surface area (Å²) >= 11 is 0. The fraction of sp³-hybridized carbons (Fsp3) is 0.480. The molecule has 1 atom stereocenters. The van der Waals surface area contributed by atoms with Gasteiger partial charge in [-0.2, -0.15) is 0 Å². The first-order chi connectivity index (χ1) is 13.1. The maximum atomic E-state index is 10.7. The van der Waals surface area contributed by atoms with E-state index < -0.39 is 5.97 Å². The zero-order valence-corrected chi connectivity index (χ0v) is 17.1. The van der Waals surface area contributed by atoms with Gasteiger partial charge in [0.1, 0.15) is 0 Å². The monoisotopic (exact) mass is 368 g/mol. The third-order valence-electron chi connectivity index (χ3n) is 4.59. The van der Waals surface area contributed by atoms with E-state index in [2.05, 4.69) is 68.5 Å². The molecule has 0 aliphatic heterocycles. The minimum Gasteiger partial charge on any atom is -0.481 e. The molecule has 0 saturated carbocycles. The van der Waals surface area contributed by atoms with E-state index in [0.717, 1.165) is 19.3 Å². The van der Waals surface area contributed by atoms with E-state index in [-0.39, 0.29) is 6.42 Å².